The van der Waals surface area contributed by atoms with Gasteiger partial charge in [-0.25, -0.2) is 0 Å². The van der Waals surface area contributed by atoms with E-state index in [-0.39, 0.29) is 11.6 Å². The van der Waals surface area contributed by atoms with Crippen LogP contribution in [0, 0.1) is 16.0 Å². The van der Waals surface area contributed by atoms with E-state index in [1.165, 1.54) is 18.2 Å². The lowest BCUT2D eigenvalue weighted by atomic mass is 10.0. The summed E-state index contributed by atoms with van der Waals surface area (Å²) < 4.78 is 0. The largest absolute Gasteiger partial charge is 0.352 e. The first-order valence-corrected chi connectivity index (χ1v) is 6.77. The second-order valence-corrected chi connectivity index (χ2v) is 4.61. The number of nitro groups is 1. The number of nitro benzene ring substituents is 1. The number of nitrogens with zero attached hydrogens (tertiary/aromatic N) is 1. The van der Waals surface area contributed by atoms with Crippen LogP contribution in [0.1, 0.15) is 32.3 Å². The van der Waals surface area contributed by atoms with Crippen molar-refractivity contribution in [2.24, 2.45) is 5.92 Å². The van der Waals surface area contributed by atoms with Gasteiger partial charge in [0.1, 0.15) is 0 Å². The van der Waals surface area contributed by atoms with E-state index in [0.717, 1.165) is 18.4 Å². The summed E-state index contributed by atoms with van der Waals surface area (Å²) in [6, 6.07) is 6.06. The number of hydrogen-bond acceptors (Lipinski definition) is 3. The van der Waals surface area contributed by atoms with E-state index in [9.17, 15) is 14.9 Å². The maximum atomic E-state index is 11.6. The molecule has 5 nitrogen and oxygen atoms in total. The monoisotopic (exact) mass is 276 g/mol. The Morgan fingerprint density at radius 2 is 1.90 bits per heavy atom. The third-order valence-corrected chi connectivity index (χ3v) is 3.25. The maximum absolute atomic E-state index is 11.6. The fourth-order valence-corrected chi connectivity index (χ4v) is 1.76. The Kier molecular flexibility index (Phi) is 6.43. The molecule has 1 aromatic carbocycles. The lowest BCUT2D eigenvalue weighted by molar-refractivity contribution is -0.384. The average Bonchev–Trinajstić information content (AvgIpc) is 2.46. The molecule has 0 radical (unpaired) electrons. The molecule has 5 heteroatoms. The van der Waals surface area contributed by atoms with Crippen molar-refractivity contribution in [3.8, 4) is 0 Å². The maximum Gasteiger partial charge on any atom is 0.269 e. The highest BCUT2D eigenvalue weighted by Crippen LogP contribution is 2.12. The molecule has 1 amide bonds. The number of rotatable bonds is 7. The fraction of sp³-hybridized carbons (Fsp3) is 0.400. The number of benzene rings is 1. The SMILES string of the molecule is CCC(CC)CNC(=O)C=Cc1ccc([N+](=O)[O-])cc1. The van der Waals surface area contributed by atoms with E-state index < -0.39 is 4.92 Å². The molecule has 0 unspecified atom stereocenters. The van der Waals surface area contributed by atoms with Crippen LogP contribution in [0.3, 0.4) is 0 Å². The normalized spacial score (nSPS) is 10.9. The molecule has 0 saturated carbocycles. The van der Waals surface area contributed by atoms with Crippen molar-refractivity contribution in [1.29, 1.82) is 0 Å². The molecule has 0 aliphatic carbocycles. The van der Waals surface area contributed by atoms with E-state index in [1.54, 1.807) is 18.2 Å². The van der Waals surface area contributed by atoms with Gasteiger partial charge in [0.15, 0.2) is 0 Å². The van der Waals surface area contributed by atoms with Crippen LogP contribution in [0.4, 0.5) is 5.69 Å². The van der Waals surface area contributed by atoms with Gasteiger partial charge in [-0.1, -0.05) is 26.7 Å². The predicted molar refractivity (Wildman–Crippen MR) is 79.2 cm³/mol. The minimum atomic E-state index is -0.449. The van der Waals surface area contributed by atoms with Gasteiger partial charge in [0.2, 0.25) is 5.91 Å². The van der Waals surface area contributed by atoms with Gasteiger partial charge in [-0.3, -0.25) is 14.9 Å². The van der Waals surface area contributed by atoms with Gasteiger partial charge >= 0.3 is 0 Å². The molecule has 20 heavy (non-hydrogen) atoms. The summed E-state index contributed by atoms with van der Waals surface area (Å²) in [4.78, 5) is 21.7. The van der Waals surface area contributed by atoms with Crippen molar-refractivity contribution < 1.29 is 9.72 Å². The highest BCUT2D eigenvalue weighted by atomic mass is 16.6. The molecule has 0 aliphatic heterocycles. The Hall–Kier alpha value is -2.17. The molecule has 108 valence electrons. The van der Waals surface area contributed by atoms with Crippen molar-refractivity contribution in [2.45, 2.75) is 26.7 Å². The van der Waals surface area contributed by atoms with Gasteiger partial charge in [-0.15, -0.1) is 0 Å². The number of nitrogens with one attached hydrogen (secondary N) is 1. The van der Waals surface area contributed by atoms with E-state index in [2.05, 4.69) is 19.2 Å². The zero-order chi connectivity index (χ0) is 15.0. The van der Waals surface area contributed by atoms with Crippen LogP contribution in [0.15, 0.2) is 30.3 Å². The molecule has 0 heterocycles. The second-order valence-electron chi connectivity index (χ2n) is 4.61. The highest BCUT2D eigenvalue weighted by molar-refractivity contribution is 5.91. The van der Waals surface area contributed by atoms with Gasteiger partial charge in [0.25, 0.3) is 5.69 Å². The van der Waals surface area contributed by atoms with Crippen LogP contribution in [0.2, 0.25) is 0 Å². The van der Waals surface area contributed by atoms with Gasteiger partial charge in [-0.2, -0.15) is 0 Å². The van der Waals surface area contributed by atoms with E-state index in [0.29, 0.717) is 12.5 Å². The molecule has 1 rings (SSSR count). The molecule has 0 spiro atoms. The highest BCUT2D eigenvalue weighted by Gasteiger charge is 2.05. The number of carbonyl (C=O) groups is 1. The first kappa shape index (κ1) is 15.9. The number of hydrogen-bond donors (Lipinski definition) is 1. The second kappa shape index (κ2) is 8.09. The summed E-state index contributed by atoms with van der Waals surface area (Å²) in [7, 11) is 0. The Morgan fingerprint density at radius 1 is 1.30 bits per heavy atom. The first-order valence-electron chi connectivity index (χ1n) is 6.77. The van der Waals surface area contributed by atoms with Crippen molar-refractivity contribution in [3.63, 3.8) is 0 Å². The van der Waals surface area contributed by atoms with Gasteiger partial charge in [0.05, 0.1) is 4.92 Å². The molecular weight excluding hydrogens is 256 g/mol. The van der Waals surface area contributed by atoms with E-state index in [4.69, 9.17) is 0 Å². The molecule has 1 aromatic rings. The zero-order valence-electron chi connectivity index (χ0n) is 11.8. The molecule has 1 N–H and O–H groups in total. The topological polar surface area (TPSA) is 72.2 Å². The van der Waals surface area contributed by atoms with Crippen LogP contribution < -0.4 is 5.32 Å². The predicted octanol–water partition coefficient (Wildman–Crippen LogP) is 3.16. The van der Waals surface area contributed by atoms with Crippen LogP contribution in [-0.4, -0.2) is 17.4 Å². The van der Waals surface area contributed by atoms with Crippen LogP contribution >= 0.6 is 0 Å². The third kappa shape index (κ3) is 5.22. The zero-order valence-corrected chi connectivity index (χ0v) is 11.8. The number of carbonyl (C=O) groups excluding carboxylic acids is 1. The molecule has 0 saturated heterocycles. The Labute approximate surface area is 118 Å². The Morgan fingerprint density at radius 3 is 2.40 bits per heavy atom. The summed E-state index contributed by atoms with van der Waals surface area (Å²) in [6.45, 7) is 4.89. The van der Waals surface area contributed by atoms with Crippen LogP contribution in [0.25, 0.3) is 6.08 Å². The standard InChI is InChI=1S/C15H20N2O3/c1-3-12(4-2)11-16-15(18)10-7-13-5-8-14(9-6-13)17(19)20/h5-10,12H,3-4,11H2,1-2H3,(H,16,18). The third-order valence-electron chi connectivity index (χ3n) is 3.25. The molecule has 0 bridgehead atoms. The minimum absolute atomic E-state index is 0.0420. The van der Waals surface area contributed by atoms with E-state index >= 15 is 0 Å². The Balaban J connectivity index is 2.50. The molecule has 0 aromatic heterocycles. The average molecular weight is 276 g/mol. The lowest BCUT2D eigenvalue weighted by Gasteiger charge is -2.11. The summed E-state index contributed by atoms with van der Waals surface area (Å²) in [6.07, 6.45) is 5.18. The van der Waals surface area contributed by atoms with Crippen LogP contribution in [-0.2, 0) is 4.79 Å². The summed E-state index contributed by atoms with van der Waals surface area (Å²) in [5, 5.41) is 13.4. The Bertz CT molecular complexity index is 476. The molecular formula is C15H20N2O3. The van der Waals surface area contributed by atoms with Gasteiger partial charge in [-0.05, 0) is 29.7 Å². The summed E-state index contributed by atoms with van der Waals surface area (Å²) in [5.74, 6) is 0.363. The van der Waals surface area contributed by atoms with Gasteiger partial charge in [0, 0.05) is 24.8 Å². The minimum Gasteiger partial charge on any atom is -0.352 e. The molecule has 0 fully saturated rings. The lowest BCUT2D eigenvalue weighted by Crippen LogP contribution is -2.27. The van der Waals surface area contributed by atoms with Crippen molar-refractivity contribution in [3.05, 3.63) is 46.0 Å². The summed E-state index contributed by atoms with van der Waals surface area (Å²) in [5.41, 5.74) is 0.800. The first-order chi connectivity index (χ1) is 9.56. The van der Waals surface area contributed by atoms with Crippen molar-refractivity contribution >= 4 is 17.7 Å². The fourth-order valence-electron chi connectivity index (χ4n) is 1.76. The molecule has 0 atom stereocenters. The number of non-ortho nitro benzene ring substituents is 1. The van der Waals surface area contributed by atoms with Crippen LogP contribution in [0.5, 0.6) is 0 Å². The summed E-state index contributed by atoms with van der Waals surface area (Å²) >= 11 is 0. The molecule has 0 aliphatic rings. The van der Waals surface area contributed by atoms with Crippen molar-refractivity contribution in [1.82, 2.24) is 5.32 Å². The van der Waals surface area contributed by atoms with Crippen molar-refractivity contribution in [2.75, 3.05) is 6.54 Å². The van der Waals surface area contributed by atoms with E-state index in [1.807, 2.05) is 0 Å². The smallest absolute Gasteiger partial charge is 0.269 e. The number of amides is 1. The quantitative estimate of drug-likeness (QED) is 0.472. The van der Waals surface area contributed by atoms with Gasteiger partial charge < -0.3 is 5.32 Å².